The number of cyclic esters (lactones) is 1. The number of aromatic hydroxyl groups is 8. The molecule has 5 atom stereocenters. The molecule has 0 aliphatic carbocycles. The van der Waals surface area contributed by atoms with Crippen LogP contribution in [-0.2, 0) is 23.7 Å². The monoisotopic (exact) mass is 644 g/mol. The summed E-state index contributed by atoms with van der Waals surface area (Å²) in [5.74, 6) is -12.0. The van der Waals surface area contributed by atoms with E-state index in [0.717, 1.165) is 18.2 Å². The average Bonchev–Trinajstić information content (AvgIpc) is 3.03. The highest BCUT2D eigenvalue weighted by atomic mass is 16.7. The minimum atomic E-state index is -2.09. The summed E-state index contributed by atoms with van der Waals surface area (Å²) in [6.45, 7) is -0.891. The lowest BCUT2D eigenvalue weighted by atomic mass is 9.92. The Morgan fingerprint density at radius 3 is 1.91 bits per heavy atom. The maximum atomic E-state index is 13.4. The first-order valence-corrected chi connectivity index (χ1v) is 13.1. The summed E-state index contributed by atoms with van der Waals surface area (Å²) >= 11 is 0. The molecule has 0 radical (unpaired) electrons. The molecule has 2 heterocycles. The van der Waals surface area contributed by atoms with Crippen LogP contribution in [0.15, 0.2) is 36.4 Å². The molecule has 0 aromatic heterocycles. The Hall–Kier alpha value is -5.91. The van der Waals surface area contributed by atoms with Crippen molar-refractivity contribution in [2.75, 3.05) is 6.61 Å². The number of hydrogen-bond acceptors (Lipinski definition) is 17. The number of benzene rings is 3. The Labute approximate surface area is 256 Å². The summed E-state index contributed by atoms with van der Waals surface area (Å²) in [7, 11) is 0. The number of phenolic OH excluding ortho intramolecular Hbond substituents is 8. The molecular weight excluding hydrogens is 620 g/mol. The van der Waals surface area contributed by atoms with Crippen molar-refractivity contribution in [2.24, 2.45) is 0 Å². The average molecular weight is 644 g/mol. The van der Waals surface area contributed by atoms with Gasteiger partial charge in [0.2, 0.25) is 17.8 Å². The Morgan fingerprint density at radius 1 is 0.739 bits per heavy atom. The molecule has 0 saturated carbocycles. The number of rotatable bonds is 3. The van der Waals surface area contributed by atoms with E-state index in [1.54, 1.807) is 0 Å². The van der Waals surface area contributed by atoms with Crippen LogP contribution in [-0.4, -0.2) is 106 Å². The van der Waals surface area contributed by atoms with Gasteiger partial charge in [0, 0.05) is 17.2 Å². The van der Waals surface area contributed by atoms with E-state index in [1.807, 2.05) is 0 Å². The number of ether oxygens (including phenoxy) is 4. The number of carbonyl (C=O) groups is 3. The molecule has 0 bridgehead atoms. The minimum Gasteiger partial charge on any atom is -0.504 e. The quantitative estimate of drug-likeness (QED) is 0.0798. The molecule has 5 unspecified atom stereocenters. The van der Waals surface area contributed by atoms with Crippen LogP contribution in [0.1, 0.15) is 26.3 Å². The second-order valence-electron chi connectivity index (χ2n) is 10.0. The molecule has 2 aliphatic rings. The van der Waals surface area contributed by atoms with Gasteiger partial charge in [0.05, 0.1) is 11.1 Å². The van der Waals surface area contributed by atoms with Gasteiger partial charge in [-0.15, -0.1) is 0 Å². The van der Waals surface area contributed by atoms with Crippen molar-refractivity contribution in [3.63, 3.8) is 0 Å². The van der Waals surface area contributed by atoms with Crippen molar-refractivity contribution in [2.45, 2.75) is 30.7 Å². The van der Waals surface area contributed by atoms with Gasteiger partial charge in [-0.2, -0.15) is 0 Å². The van der Waals surface area contributed by atoms with Crippen molar-refractivity contribution >= 4 is 24.0 Å². The smallest absolute Gasteiger partial charge is 0.339 e. The summed E-state index contributed by atoms with van der Waals surface area (Å²) in [6.07, 6.45) is -7.65. The van der Waals surface area contributed by atoms with Crippen molar-refractivity contribution in [3.05, 3.63) is 53.1 Å². The molecule has 0 spiro atoms. The largest absolute Gasteiger partial charge is 0.504 e. The topological polar surface area (TPSA) is 290 Å². The number of aliphatic hydroxyl groups excluding tert-OH is 2. The first-order chi connectivity index (χ1) is 21.7. The molecule has 0 amide bonds. The summed E-state index contributed by atoms with van der Waals surface area (Å²) in [5.41, 5.74) is -3.07. The number of fused-ring (bicyclic) bond motifs is 4. The Morgan fingerprint density at radius 2 is 1.33 bits per heavy atom. The lowest BCUT2D eigenvalue weighted by molar-refractivity contribution is -0.290. The molecule has 1 saturated heterocycles. The van der Waals surface area contributed by atoms with E-state index in [1.165, 1.54) is 12.1 Å². The van der Waals surface area contributed by atoms with Gasteiger partial charge in [0.15, 0.2) is 40.6 Å². The summed E-state index contributed by atoms with van der Waals surface area (Å²) in [5, 5.41) is 102. The number of phenols is 8. The molecule has 10 N–H and O–H groups in total. The molecule has 1 fully saturated rings. The molecule has 46 heavy (non-hydrogen) atoms. The SMILES string of the molecule is O=C(C=Cc1ccc(O)c(O)c1)OC1OC2COC(=O)c3cc(O)c(O)c(O)c3-c3c(cc(O)c(O)c3O)C(=O)OC2C(O)C1O. The normalized spacial score (nSPS) is 22.9. The fourth-order valence-corrected chi connectivity index (χ4v) is 4.78. The highest BCUT2D eigenvalue weighted by Gasteiger charge is 2.49. The van der Waals surface area contributed by atoms with Crippen LogP contribution in [0, 0.1) is 0 Å². The lowest BCUT2D eigenvalue weighted by Gasteiger charge is -2.41. The molecule has 2 aliphatic heterocycles. The molecule has 3 aromatic rings. The van der Waals surface area contributed by atoms with E-state index in [0.29, 0.717) is 12.1 Å². The van der Waals surface area contributed by atoms with Crippen LogP contribution in [0.25, 0.3) is 17.2 Å². The van der Waals surface area contributed by atoms with E-state index in [2.05, 4.69) is 0 Å². The molecule has 3 aromatic carbocycles. The highest BCUT2D eigenvalue weighted by molar-refractivity contribution is 6.08. The van der Waals surface area contributed by atoms with Gasteiger partial charge in [-0.05, 0) is 35.9 Å². The number of hydrogen-bond donors (Lipinski definition) is 10. The fourth-order valence-electron chi connectivity index (χ4n) is 4.78. The van der Waals surface area contributed by atoms with Gasteiger partial charge in [0.1, 0.15) is 24.9 Å². The van der Waals surface area contributed by atoms with Crippen molar-refractivity contribution in [1.82, 2.24) is 0 Å². The number of carbonyl (C=O) groups excluding carboxylic acids is 3. The first kappa shape index (κ1) is 31.5. The van der Waals surface area contributed by atoms with Crippen LogP contribution in [0.2, 0.25) is 0 Å². The fraction of sp³-hybridized carbons (Fsp3) is 0.207. The van der Waals surface area contributed by atoms with E-state index >= 15 is 0 Å². The van der Waals surface area contributed by atoms with Crippen molar-refractivity contribution in [1.29, 1.82) is 0 Å². The Bertz CT molecular complexity index is 1780. The summed E-state index contributed by atoms with van der Waals surface area (Å²) in [6, 6.07) is 4.80. The summed E-state index contributed by atoms with van der Waals surface area (Å²) < 4.78 is 21.1. The Kier molecular flexibility index (Phi) is 8.14. The van der Waals surface area contributed by atoms with E-state index in [9.17, 15) is 65.4 Å². The maximum Gasteiger partial charge on any atom is 0.339 e. The lowest BCUT2D eigenvalue weighted by Crippen LogP contribution is -2.61. The minimum absolute atomic E-state index is 0.260. The molecule has 5 rings (SSSR count). The van der Waals surface area contributed by atoms with Crippen LogP contribution in [0.3, 0.4) is 0 Å². The van der Waals surface area contributed by atoms with Gasteiger partial charge in [-0.3, -0.25) is 0 Å². The third-order valence-corrected chi connectivity index (χ3v) is 7.10. The highest BCUT2D eigenvalue weighted by Crippen LogP contribution is 2.52. The van der Waals surface area contributed by atoms with E-state index in [-0.39, 0.29) is 5.56 Å². The predicted octanol–water partition coefficient (Wildman–Crippen LogP) is 0.397. The van der Waals surface area contributed by atoms with E-state index < -0.39 is 123 Å². The predicted molar refractivity (Wildman–Crippen MR) is 147 cm³/mol. The van der Waals surface area contributed by atoms with Crippen LogP contribution >= 0.6 is 0 Å². The zero-order chi connectivity index (χ0) is 33.6. The van der Waals surface area contributed by atoms with Gasteiger partial charge in [-0.25, -0.2) is 14.4 Å². The standard InChI is InChI=1S/C29H24O17/c30-12-3-1-9(5-13(12)31)2-4-17(34)45-29-25(40)24(39)26-16(44-29)8-43-27(41)10-6-14(32)20(35)22(37)18(10)19-11(28(42)46-26)7-15(33)21(36)23(19)38/h1-7,16,24-26,29-33,35-40H,8H2. The second-order valence-corrected chi connectivity index (χ2v) is 10.0. The second kappa shape index (κ2) is 11.9. The first-order valence-electron chi connectivity index (χ1n) is 13.1. The summed E-state index contributed by atoms with van der Waals surface area (Å²) in [4.78, 5) is 39.1. The third-order valence-electron chi connectivity index (χ3n) is 7.10. The number of esters is 3. The van der Waals surface area contributed by atoms with Crippen molar-refractivity contribution < 1.29 is 84.4 Å². The third kappa shape index (κ3) is 5.56. The molecule has 17 heteroatoms. The van der Waals surface area contributed by atoms with Crippen LogP contribution in [0.5, 0.6) is 46.0 Å². The Balaban J connectivity index is 1.51. The zero-order valence-corrected chi connectivity index (χ0v) is 23.0. The molecular formula is C29H24O17. The maximum absolute atomic E-state index is 13.4. The van der Waals surface area contributed by atoms with Crippen LogP contribution in [0.4, 0.5) is 0 Å². The van der Waals surface area contributed by atoms with E-state index in [4.69, 9.17) is 18.9 Å². The van der Waals surface area contributed by atoms with Gasteiger partial charge in [0.25, 0.3) is 0 Å². The molecule has 242 valence electrons. The molecule has 17 nitrogen and oxygen atoms in total. The van der Waals surface area contributed by atoms with Gasteiger partial charge in [-0.1, -0.05) is 6.07 Å². The van der Waals surface area contributed by atoms with Gasteiger partial charge < -0.3 is 70.0 Å². The van der Waals surface area contributed by atoms with Crippen LogP contribution < -0.4 is 0 Å². The van der Waals surface area contributed by atoms with Crippen molar-refractivity contribution in [3.8, 4) is 57.1 Å². The number of aliphatic hydroxyl groups is 2. The zero-order valence-electron chi connectivity index (χ0n) is 23.0. The van der Waals surface area contributed by atoms with Gasteiger partial charge >= 0.3 is 17.9 Å².